The molecule has 27 nitrogen and oxygen atoms in total. The van der Waals surface area contributed by atoms with Crippen LogP contribution in [0.15, 0.2) is 4.42 Å². The molecule has 0 amide bonds. The molecular weight excluding hydrogens is 936 g/mol. The summed E-state index contributed by atoms with van der Waals surface area (Å²) < 4.78 is 5.40. The molecule has 9 aromatic rings. The van der Waals surface area contributed by atoms with E-state index in [1.54, 1.807) is 0 Å². The fourth-order valence-corrected chi connectivity index (χ4v) is 8.54. The zero-order valence-electron chi connectivity index (χ0n) is 33.0. The monoisotopic (exact) mass is 962 g/mol. The Morgan fingerprint density at radius 1 is 0.130 bits per heavy atom. The highest BCUT2D eigenvalue weighted by atomic mass is 16.4. The second kappa shape index (κ2) is 13.4. The Balaban J connectivity index is 1.60. The topological polar surface area (TPSA) is 539 Å². The number of phenols is 26. The fraction of sp³-hybridized carbons (Fsp3) is 0. The number of benzene rings is 8. The lowest BCUT2D eigenvalue weighted by Crippen LogP contribution is -1.97. The summed E-state index contributed by atoms with van der Waals surface area (Å²) in [5, 5.41) is 278. The predicted molar refractivity (Wildman–Crippen MR) is 226 cm³/mol. The van der Waals surface area contributed by atoms with Gasteiger partial charge in [0.15, 0.2) is 80.2 Å². The van der Waals surface area contributed by atoms with E-state index in [4.69, 9.17) is 4.42 Å². The molecule has 8 aromatic carbocycles. The van der Waals surface area contributed by atoms with Gasteiger partial charge in [-0.05, 0) is 0 Å². The van der Waals surface area contributed by atoms with Crippen molar-refractivity contribution in [2.75, 3.05) is 0 Å². The first-order valence-corrected chi connectivity index (χ1v) is 18.5. The number of aromatic hydroxyl groups is 26. The van der Waals surface area contributed by atoms with E-state index in [1.807, 2.05) is 0 Å². The zero-order valence-corrected chi connectivity index (χ0v) is 33.0. The lowest BCUT2D eigenvalue weighted by atomic mass is 9.81. The number of fused-ring (bicyclic) bond motifs is 6. The Labute approximate surface area is 373 Å². The summed E-state index contributed by atoms with van der Waals surface area (Å²) in [6.07, 6.45) is 0. The largest absolute Gasteiger partial charge is 0.506 e. The number of phenolic OH excluding ortho intramolecular Hbond substituents is 26. The normalized spacial score (nSPS) is 11.8. The van der Waals surface area contributed by atoms with Crippen molar-refractivity contribution in [1.29, 1.82) is 0 Å². The van der Waals surface area contributed by atoms with Crippen molar-refractivity contribution in [1.82, 2.24) is 0 Å². The molecule has 0 aliphatic carbocycles. The van der Waals surface area contributed by atoms with Gasteiger partial charge >= 0.3 is 0 Å². The molecule has 1 aromatic heterocycles. The van der Waals surface area contributed by atoms with Crippen LogP contribution in [0.3, 0.4) is 0 Å². The Hall–Kier alpha value is -10.9. The molecule has 27 heteroatoms. The first kappa shape index (κ1) is 43.4. The average molecular weight is 963 g/mol. The van der Waals surface area contributed by atoms with E-state index in [-0.39, 0.29) is 0 Å². The maximum Gasteiger partial charge on any atom is 0.208 e. The molecule has 0 radical (unpaired) electrons. The Bertz CT molecular complexity index is 3850. The maximum absolute atomic E-state index is 12.1. The molecular formula is C42H26O27. The summed E-state index contributed by atoms with van der Waals surface area (Å²) in [6.45, 7) is 0. The number of rotatable bonds is 3. The molecule has 9 rings (SSSR count). The minimum absolute atomic E-state index is 1.04. The second-order valence-electron chi connectivity index (χ2n) is 15.1. The summed E-state index contributed by atoms with van der Waals surface area (Å²) in [5.74, 6) is -43.2. The quantitative estimate of drug-likeness (QED) is 0.0663. The van der Waals surface area contributed by atoms with E-state index in [0.717, 1.165) is 0 Å². The van der Waals surface area contributed by atoms with Crippen LogP contribution in [0.2, 0.25) is 0 Å². The highest BCUT2D eigenvalue weighted by Crippen LogP contribution is 2.69. The van der Waals surface area contributed by atoms with Gasteiger partial charge in [-0.2, -0.15) is 0 Å². The van der Waals surface area contributed by atoms with Crippen LogP contribution in [0.4, 0.5) is 0 Å². The summed E-state index contributed by atoms with van der Waals surface area (Å²) in [5.41, 5.74) is -10.6. The SMILES string of the molecule is Oc1c(O)c(O)c(-c2c(O)c(O)c3c(O)c(-c4c5c(O)c(O)c(O)c(O)c5c(-c5c(O)c(O)c(O)c6oc7c(O)c(O)c(O)c(O)c7c56)c5c(O)c(O)c(O)c(O)c45)c(O)c(O)c3c2O)c(O)c1O. The van der Waals surface area contributed by atoms with Gasteiger partial charge in [0.25, 0.3) is 0 Å². The molecule has 69 heavy (non-hydrogen) atoms. The van der Waals surface area contributed by atoms with E-state index in [2.05, 4.69) is 0 Å². The smallest absolute Gasteiger partial charge is 0.208 e. The highest BCUT2D eigenvalue weighted by Gasteiger charge is 2.41. The van der Waals surface area contributed by atoms with Crippen molar-refractivity contribution in [2.24, 2.45) is 0 Å². The van der Waals surface area contributed by atoms with Gasteiger partial charge in [0.1, 0.15) is 11.5 Å². The van der Waals surface area contributed by atoms with Gasteiger partial charge in [-0.3, -0.25) is 0 Å². The summed E-state index contributed by atoms with van der Waals surface area (Å²) in [6, 6.07) is 0. The molecule has 0 saturated carbocycles. The average Bonchev–Trinajstić information content (AvgIpc) is 3.72. The molecule has 0 aliphatic heterocycles. The van der Waals surface area contributed by atoms with Crippen LogP contribution in [0.1, 0.15) is 0 Å². The van der Waals surface area contributed by atoms with Crippen molar-refractivity contribution >= 4 is 54.3 Å². The maximum atomic E-state index is 12.1. The predicted octanol–water partition coefficient (Wildman–Crippen LogP) is 4.39. The molecule has 0 unspecified atom stereocenters. The van der Waals surface area contributed by atoms with Crippen LogP contribution in [0.5, 0.6) is 149 Å². The van der Waals surface area contributed by atoms with Gasteiger partial charge < -0.3 is 137 Å². The number of hydrogen-bond donors (Lipinski definition) is 26. The Morgan fingerprint density at radius 3 is 0.710 bits per heavy atom. The van der Waals surface area contributed by atoms with Crippen molar-refractivity contribution in [3.63, 3.8) is 0 Å². The third-order valence-corrected chi connectivity index (χ3v) is 11.7. The molecule has 0 bridgehead atoms. The molecule has 0 fully saturated rings. The van der Waals surface area contributed by atoms with Crippen LogP contribution >= 0.6 is 0 Å². The van der Waals surface area contributed by atoms with Crippen LogP contribution in [-0.4, -0.2) is 133 Å². The van der Waals surface area contributed by atoms with E-state index >= 15 is 0 Å². The van der Waals surface area contributed by atoms with Crippen molar-refractivity contribution in [3.05, 3.63) is 0 Å². The van der Waals surface area contributed by atoms with Crippen molar-refractivity contribution in [2.45, 2.75) is 0 Å². The minimum Gasteiger partial charge on any atom is -0.506 e. The van der Waals surface area contributed by atoms with Crippen LogP contribution in [0, 0.1) is 0 Å². The summed E-state index contributed by atoms with van der Waals surface area (Å²) >= 11 is 0. The second-order valence-corrected chi connectivity index (χ2v) is 15.1. The Morgan fingerprint density at radius 2 is 0.333 bits per heavy atom. The molecule has 26 N–H and O–H groups in total. The van der Waals surface area contributed by atoms with Crippen molar-refractivity contribution < 1.29 is 137 Å². The Kier molecular flexibility index (Phi) is 8.40. The lowest BCUT2D eigenvalue weighted by Gasteiger charge is -2.25. The summed E-state index contributed by atoms with van der Waals surface area (Å²) in [7, 11) is 0. The van der Waals surface area contributed by atoms with Crippen molar-refractivity contribution in [3.8, 4) is 183 Å². The molecule has 0 spiro atoms. The van der Waals surface area contributed by atoms with E-state index in [0.29, 0.717) is 0 Å². The minimum atomic E-state index is -1.84. The standard InChI is InChI=1S/C42H26O27/c43-15-9(22(50)23(51)11-10(15)24(52)25(53)12(16(11)44)13-26(54)33(61)37(65)34(62)27(13)55)2-5-3(17(45)29(57)31(59)19(5)47)1(4-6(2)20(48)32(60)30(58)18(4)46)7-8-14-28(56)35(63)38(66)40(68)42(14)69-41(8)39(67)36(64)21(7)49/h43-68H. The number of hydrogen-bond acceptors (Lipinski definition) is 27. The van der Waals surface area contributed by atoms with Gasteiger partial charge in [-0.25, -0.2) is 0 Å². The molecule has 0 aliphatic rings. The third-order valence-electron chi connectivity index (χ3n) is 11.7. The van der Waals surface area contributed by atoms with E-state index in [9.17, 15) is 133 Å². The number of furan rings is 1. The van der Waals surface area contributed by atoms with Crippen LogP contribution in [-0.2, 0) is 0 Å². The van der Waals surface area contributed by atoms with Crippen LogP contribution < -0.4 is 0 Å². The lowest BCUT2D eigenvalue weighted by molar-refractivity contribution is 0.329. The fourth-order valence-electron chi connectivity index (χ4n) is 8.54. The van der Waals surface area contributed by atoms with Gasteiger partial charge in [-0.1, -0.05) is 0 Å². The van der Waals surface area contributed by atoms with Gasteiger partial charge in [-0.15, -0.1) is 0 Å². The zero-order chi connectivity index (χ0) is 51.0. The van der Waals surface area contributed by atoms with E-state index < -0.39 is 237 Å². The first-order chi connectivity index (χ1) is 32.2. The molecule has 0 atom stereocenters. The summed E-state index contributed by atoms with van der Waals surface area (Å²) in [4.78, 5) is 0. The highest BCUT2D eigenvalue weighted by molar-refractivity contribution is 6.34. The third kappa shape index (κ3) is 4.86. The molecule has 0 saturated heterocycles. The molecule has 1 heterocycles. The van der Waals surface area contributed by atoms with Gasteiger partial charge in [0, 0.05) is 43.6 Å². The van der Waals surface area contributed by atoms with Crippen LogP contribution in [0.25, 0.3) is 87.6 Å². The van der Waals surface area contributed by atoms with Gasteiger partial charge in [0.2, 0.25) is 69.0 Å². The van der Waals surface area contributed by atoms with E-state index in [1.165, 1.54) is 0 Å². The van der Waals surface area contributed by atoms with Gasteiger partial charge in [0.05, 0.1) is 32.8 Å². The first-order valence-electron chi connectivity index (χ1n) is 18.5. The molecule has 356 valence electrons.